The quantitative estimate of drug-likeness (QED) is 0.858. The minimum atomic E-state index is 0.412. The third kappa shape index (κ3) is 2.92. The van der Waals surface area contributed by atoms with Gasteiger partial charge in [-0.3, -0.25) is 0 Å². The van der Waals surface area contributed by atoms with Gasteiger partial charge in [-0.1, -0.05) is 6.07 Å². The summed E-state index contributed by atoms with van der Waals surface area (Å²) in [6.45, 7) is 0. The van der Waals surface area contributed by atoms with E-state index in [1.807, 2.05) is 18.2 Å². The molecule has 1 aromatic rings. The van der Waals surface area contributed by atoms with Gasteiger partial charge in [0.25, 0.3) is 0 Å². The van der Waals surface area contributed by atoms with Crippen molar-refractivity contribution in [1.29, 1.82) is 0 Å². The van der Waals surface area contributed by atoms with Crippen LogP contribution >= 0.6 is 15.9 Å². The Kier molecular flexibility index (Phi) is 3.59. The second-order valence-electron chi connectivity index (χ2n) is 3.86. The minimum absolute atomic E-state index is 0.412. The van der Waals surface area contributed by atoms with E-state index in [1.54, 1.807) is 7.11 Å². The number of anilines is 1. The number of rotatable bonds is 3. The normalized spacial score (nSPS) is 25.5. The van der Waals surface area contributed by atoms with Gasteiger partial charge in [-0.25, -0.2) is 4.98 Å². The standard InChI is InChI=1S/C11H15BrN2O/c1-15-9-6-5-8(7-9)13-11-4-2-3-10(12)14-11/h2-4,8-9H,5-7H2,1H3,(H,13,14). The highest BCUT2D eigenvalue weighted by molar-refractivity contribution is 9.10. The van der Waals surface area contributed by atoms with Crippen molar-refractivity contribution < 1.29 is 4.74 Å². The second-order valence-corrected chi connectivity index (χ2v) is 4.67. The lowest BCUT2D eigenvalue weighted by atomic mass is 10.2. The molecule has 1 aliphatic carbocycles. The highest BCUT2D eigenvalue weighted by atomic mass is 79.9. The van der Waals surface area contributed by atoms with Gasteiger partial charge in [-0.05, 0) is 47.3 Å². The zero-order chi connectivity index (χ0) is 10.7. The lowest BCUT2D eigenvalue weighted by Crippen LogP contribution is -2.17. The number of nitrogens with zero attached hydrogens (tertiary/aromatic N) is 1. The van der Waals surface area contributed by atoms with Crippen LogP contribution in [0, 0.1) is 0 Å². The molecule has 0 radical (unpaired) electrons. The molecule has 3 nitrogen and oxygen atoms in total. The molecule has 1 aliphatic rings. The summed E-state index contributed by atoms with van der Waals surface area (Å²) in [5.74, 6) is 0.936. The summed E-state index contributed by atoms with van der Waals surface area (Å²) in [4.78, 5) is 4.35. The maximum atomic E-state index is 5.33. The molecule has 2 rings (SSSR count). The van der Waals surface area contributed by atoms with Crippen LogP contribution < -0.4 is 5.32 Å². The SMILES string of the molecule is COC1CCC(Nc2cccc(Br)n2)C1. The molecule has 2 unspecified atom stereocenters. The Morgan fingerprint density at radius 1 is 1.47 bits per heavy atom. The van der Waals surface area contributed by atoms with E-state index in [4.69, 9.17) is 4.74 Å². The van der Waals surface area contributed by atoms with Crippen molar-refractivity contribution in [3.05, 3.63) is 22.8 Å². The van der Waals surface area contributed by atoms with Gasteiger partial charge in [0.05, 0.1) is 6.10 Å². The number of aromatic nitrogens is 1. The number of methoxy groups -OCH3 is 1. The molecule has 2 atom stereocenters. The summed E-state index contributed by atoms with van der Waals surface area (Å²) < 4.78 is 6.20. The van der Waals surface area contributed by atoms with Gasteiger partial charge in [0, 0.05) is 13.2 Å². The molecule has 1 N–H and O–H groups in total. The lowest BCUT2D eigenvalue weighted by molar-refractivity contribution is 0.108. The Labute approximate surface area is 98.4 Å². The van der Waals surface area contributed by atoms with E-state index in [1.165, 1.54) is 0 Å². The number of ether oxygens (including phenoxy) is 1. The average Bonchev–Trinajstić information content (AvgIpc) is 2.65. The van der Waals surface area contributed by atoms with Crippen LogP contribution in [0.4, 0.5) is 5.82 Å². The summed E-state index contributed by atoms with van der Waals surface area (Å²) in [5, 5.41) is 3.42. The van der Waals surface area contributed by atoms with Crippen molar-refractivity contribution in [3.63, 3.8) is 0 Å². The molecule has 15 heavy (non-hydrogen) atoms. The summed E-state index contributed by atoms with van der Waals surface area (Å²) in [7, 11) is 1.78. The molecule has 1 aromatic heterocycles. The number of hydrogen-bond donors (Lipinski definition) is 1. The summed E-state index contributed by atoms with van der Waals surface area (Å²) in [5.41, 5.74) is 0. The Bertz CT molecular complexity index is 332. The van der Waals surface area contributed by atoms with Crippen molar-refractivity contribution >= 4 is 21.7 Å². The van der Waals surface area contributed by atoms with Crippen LogP contribution in [0.25, 0.3) is 0 Å². The third-order valence-electron chi connectivity index (χ3n) is 2.78. The first-order valence-corrected chi connectivity index (χ1v) is 5.99. The van der Waals surface area contributed by atoms with E-state index in [2.05, 4.69) is 26.2 Å². The number of nitrogens with one attached hydrogen (secondary N) is 1. The maximum absolute atomic E-state index is 5.33. The Morgan fingerprint density at radius 2 is 2.33 bits per heavy atom. The fourth-order valence-corrected chi connectivity index (χ4v) is 2.33. The van der Waals surface area contributed by atoms with Gasteiger partial charge in [0.15, 0.2) is 0 Å². The molecular weight excluding hydrogens is 256 g/mol. The zero-order valence-corrected chi connectivity index (χ0v) is 10.3. The van der Waals surface area contributed by atoms with Crippen LogP contribution in [0.15, 0.2) is 22.8 Å². The highest BCUT2D eigenvalue weighted by Gasteiger charge is 2.24. The van der Waals surface area contributed by atoms with Gasteiger partial charge in [-0.2, -0.15) is 0 Å². The van der Waals surface area contributed by atoms with Gasteiger partial charge in [0.2, 0.25) is 0 Å². The molecule has 0 aliphatic heterocycles. The van der Waals surface area contributed by atoms with Crippen molar-refractivity contribution in [1.82, 2.24) is 4.98 Å². The first-order chi connectivity index (χ1) is 7.28. The Hall–Kier alpha value is -0.610. The van der Waals surface area contributed by atoms with Crippen molar-refractivity contribution in [2.45, 2.75) is 31.4 Å². The fraction of sp³-hybridized carbons (Fsp3) is 0.545. The molecule has 0 bridgehead atoms. The fourth-order valence-electron chi connectivity index (χ4n) is 1.98. The molecule has 0 amide bonds. The van der Waals surface area contributed by atoms with Crippen molar-refractivity contribution in [2.24, 2.45) is 0 Å². The summed E-state index contributed by atoms with van der Waals surface area (Å²) in [6, 6.07) is 6.40. The van der Waals surface area contributed by atoms with Crippen LogP contribution in [0.1, 0.15) is 19.3 Å². The molecule has 82 valence electrons. The number of pyridine rings is 1. The molecular formula is C11H15BrN2O. The van der Waals surface area contributed by atoms with Gasteiger partial charge < -0.3 is 10.1 Å². The predicted molar refractivity (Wildman–Crippen MR) is 64.0 cm³/mol. The Balaban J connectivity index is 1.92. The van der Waals surface area contributed by atoms with E-state index in [9.17, 15) is 0 Å². The summed E-state index contributed by atoms with van der Waals surface area (Å²) >= 11 is 3.36. The lowest BCUT2D eigenvalue weighted by Gasteiger charge is -2.13. The second kappa shape index (κ2) is 4.94. The first kappa shape index (κ1) is 10.9. The van der Waals surface area contributed by atoms with E-state index in [0.29, 0.717) is 12.1 Å². The van der Waals surface area contributed by atoms with Crippen molar-refractivity contribution in [3.8, 4) is 0 Å². The highest BCUT2D eigenvalue weighted by Crippen LogP contribution is 2.24. The van der Waals surface area contributed by atoms with E-state index in [-0.39, 0.29) is 0 Å². The van der Waals surface area contributed by atoms with E-state index in [0.717, 1.165) is 29.7 Å². The van der Waals surface area contributed by atoms with E-state index >= 15 is 0 Å². The molecule has 0 spiro atoms. The predicted octanol–water partition coefficient (Wildman–Crippen LogP) is 2.82. The Morgan fingerprint density at radius 3 is 3.00 bits per heavy atom. The van der Waals surface area contributed by atoms with Gasteiger partial charge in [-0.15, -0.1) is 0 Å². The van der Waals surface area contributed by atoms with Crippen LogP contribution in [0.5, 0.6) is 0 Å². The smallest absolute Gasteiger partial charge is 0.127 e. The average molecular weight is 271 g/mol. The number of halogens is 1. The molecule has 1 fully saturated rings. The minimum Gasteiger partial charge on any atom is -0.381 e. The molecule has 0 saturated heterocycles. The first-order valence-electron chi connectivity index (χ1n) is 5.20. The van der Waals surface area contributed by atoms with Crippen LogP contribution in [-0.2, 0) is 4.74 Å². The molecule has 1 saturated carbocycles. The molecule has 1 heterocycles. The topological polar surface area (TPSA) is 34.1 Å². The number of hydrogen-bond acceptors (Lipinski definition) is 3. The van der Waals surface area contributed by atoms with Crippen LogP contribution in [0.3, 0.4) is 0 Å². The van der Waals surface area contributed by atoms with Crippen LogP contribution in [0.2, 0.25) is 0 Å². The maximum Gasteiger partial charge on any atom is 0.127 e. The van der Waals surface area contributed by atoms with Crippen molar-refractivity contribution in [2.75, 3.05) is 12.4 Å². The third-order valence-corrected chi connectivity index (χ3v) is 3.23. The van der Waals surface area contributed by atoms with Gasteiger partial charge in [0.1, 0.15) is 10.4 Å². The molecule has 4 heteroatoms. The van der Waals surface area contributed by atoms with Gasteiger partial charge >= 0.3 is 0 Å². The molecule has 0 aromatic carbocycles. The van der Waals surface area contributed by atoms with Crippen LogP contribution in [-0.4, -0.2) is 24.2 Å². The monoisotopic (exact) mass is 270 g/mol. The largest absolute Gasteiger partial charge is 0.381 e. The zero-order valence-electron chi connectivity index (χ0n) is 8.74. The van der Waals surface area contributed by atoms with E-state index < -0.39 is 0 Å². The summed E-state index contributed by atoms with van der Waals surface area (Å²) in [6.07, 6.45) is 3.79.